The summed E-state index contributed by atoms with van der Waals surface area (Å²) in [5.41, 5.74) is 2.05. The van der Waals surface area contributed by atoms with Gasteiger partial charge >= 0.3 is 0 Å². The number of nitrogens with zero attached hydrogens (tertiary/aromatic N) is 2. The van der Waals surface area contributed by atoms with Crippen LogP contribution < -0.4 is 15.0 Å². The van der Waals surface area contributed by atoms with Crippen LogP contribution in [0.3, 0.4) is 0 Å². The maximum atomic E-state index is 15.2. The van der Waals surface area contributed by atoms with E-state index < -0.39 is 5.82 Å². The quantitative estimate of drug-likeness (QED) is 0.340. The molecule has 1 atom stereocenters. The van der Waals surface area contributed by atoms with E-state index >= 15 is 4.39 Å². The predicted octanol–water partition coefficient (Wildman–Crippen LogP) is 5.64. The topological polar surface area (TPSA) is 71.1 Å². The van der Waals surface area contributed by atoms with Crippen LogP contribution in [0.4, 0.5) is 10.1 Å². The highest BCUT2D eigenvalue weighted by Gasteiger charge is 2.29. The molecule has 220 valence electrons. The average molecular weight is 597 g/mol. The number of carbonyl (C=O) groups is 2. The molecular weight excluding hydrogens is 556 g/mol. The Morgan fingerprint density at radius 3 is 2.65 bits per heavy atom. The van der Waals surface area contributed by atoms with E-state index in [1.807, 2.05) is 18.7 Å². The predicted molar refractivity (Wildman–Crippen MR) is 159 cm³/mol. The summed E-state index contributed by atoms with van der Waals surface area (Å²) in [7, 11) is 1.63. The van der Waals surface area contributed by atoms with Gasteiger partial charge in [0, 0.05) is 73.6 Å². The zero-order valence-electron chi connectivity index (χ0n) is 23.5. The molecule has 0 unspecified atom stereocenters. The number of methoxy groups -OCH3 is 1. The van der Waals surface area contributed by atoms with Gasteiger partial charge in [-0.3, -0.25) is 9.59 Å². The molecular formula is C30H40Cl2FN3O4. The van der Waals surface area contributed by atoms with Gasteiger partial charge in [-0.25, -0.2) is 4.39 Å². The Bertz CT molecular complexity index is 1170. The molecule has 2 aromatic rings. The van der Waals surface area contributed by atoms with Crippen molar-refractivity contribution in [1.29, 1.82) is 0 Å². The summed E-state index contributed by atoms with van der Waals surface area (Å²) in [6.07, 6.45) is 4.02. The maximum Gasteiger partial charge on any atom is 0.227 e. The fraction of sp³-hybridized carbons (Fsp3) is 0.533. The summed E-state index contributed by atoms with van der Waals surface area (Å²) >= 11 is 6.75. The Morgan fingerprint density at radius 2 is 2.00 bits per heavy atom. The third kappa shape index (κ3) is 7.66. The molecule has 0 radical (unpaired) electrons. The zero-order chi connectivity index (χ0) is 27.9. The van der Waals surface area contributed by atoms with Crippen LogP contribution in [0.1, 0.15) is 51.5 Å². The standard InChI is InChI=1S/C30H39ClFN3O4.ClH/c1-20(2)35(23-7-4-11-33-19-23)30(37)16-21-15-28(39-14-6-13-38-3)25(18-26(21)31)24-17-22(9-10-27(24)32)34-12-5-8-29(34)36;/h9-10,15,17-18,20,23,33H,4-8,11-14,16,19H2,1-3H3;1H/t23-;/m1./s1. The number of halogens is 3. The number of nitrogens with one attached hydrogen (secondary N) is 1. The highest BCUT2D eigenvalue weighted by Crippen LogP contribution is 2.39. The fourth-order valence-corrected chi connectivity index (χ4v) is 5.72. The molecule has 2 amide bonds. The maximum absolute atomic E-state index is 15.2. The Morgan fingerprint density at radius 1 is 1.20 bits per heavy atom. The number of carbonyl (C=O) groups excluding carboxylic acids is 2. The van der Waals surface area contributed by atoms with Crippen molar-refractivity contribution in [2.75, 3.05) is 44.9 Å². The van der Waals surface area contributed by atoms with E-state index in [4.69, 9.17) is 21.1 Å². The van der Waals surface area contributed by atoms with E-state index in [1.165, 1.54) is 6.07 Å². The number of hydrogen-bond acceptors (Lipinski definition) is 5. The average Bonchev–Trinajstić information content (AvgIpc) is 3.34. The van der Waals surface area contributed by atoms with Gasteiger partial charge in [0.05, 0.1) is 13.0 Å². The van der Waals surface area contributed by atoms with Crippen LogP contribution in [-0.4, -0.2) is 68.8 Å². The van der Waals surface area contributed by atoms with Gasteiger partial charge in [0.25, 0.3) is 0 Å². The van der Waals surface area contributed by atoms with Crippen molar-refractivity contribution in [3.05, 3.63) is 46.7 Å². The van der Waals surface area contributed by atoms with Crippen molar-refractivity contribution in [3.63, 3.8) is 0 Å². The van der Waals surface area contributed by atoms with Gasteiger partial charge in [0.15, 0.2) is 0 Å². The van der Waals surface area contributed by atoms with Crippen LogP contribution in [-0.2, 0) is 20.7 Å². The molecule has 0 bridgehead atoms. The lowest BCUT2D eigenvalue weighted by Crippen LogP contribution is -2.52. The largest absolute Gasteiger partial charge is 0.493 e. The third-order valence-electron chi connectivity index (χ3n) is 7.37. The van der Waals surface area contributed by atoms with Gasteiger partial charge in [-0.05, 0) is 75.5 Å². The molecule has 2 fully saturated rings. The van der Waals surface area contributed by atoms with Crippen LogP contribution in [0.25, 0.3) is 11.1 Å². The van der Waals surface area contributed by atoms with Crippen LogP contribution in [0.5, 0.6) is 5.75 Å². The van der Waals surface area contributed by atoms with Crippen molar-refractivity contribution in [3.8, 4) is 16.9 Å². The SMILES string of the molecule is COCCCOc1cc(CC(=O)N(C(C)C)[C@@H]2CCCNC2)c(Cl)cc1-c1cc(N2CCCC2=O)ccc1F.Cl. The number of rotatable bonds is 11. The van der Waals surface area contributed by atoms with E-state index in [1.54, 1.807) is 36.3 Å². The number of benzene rings is 2. The Balaban J connectivity index is 0.00000441. The molecule has 0 aromatic heterocycles. The molecule has 10 heteroatoms. The lowest BCUT2D eigenvalue weighted by Gasteiger charge is -2.37. The first-order valence-electron chi connectivity index (χ1n) is 13.9. The first-order valence-corrected chi connectivity index (χ1v) is 14.2. The summed E-state index contributed by atoms with van der Waals surface area (Å²) in [6.45, 7) is 7.29. The normalized spacial score (nSPS) is 17.2. The molecule has 2 aliphatic heterocycles. The summed E-state index contributed by atoms with van der Waals surface area (Å²) in [5, 5.41) is 3.76. The van der Waals surface area contributed by atoms with Crippen molar-refractivity contribution in [2.45, 2.75) is 64.5 Å². The van der Waals surface area contributed by atoms with Crippen LogP contribution in [0.2, 0.25) is 5.02 Å². The minimum atomic E-state index is -0.442. The molecule has 0 saturated carbocycles. The molecule has 2 aliphatic rings. The summed E-state index contributed by atoms with van der Waals surface area (Å²) in [6, 6.07) is 8.28. The second kappa shape index (κ2) is 15.0. The number of hydrogen-bond donors (Lipinski definition) is 1. The number of amides is 2. The van der Waals surface area contributed by atoms with Crippen molar-refractivity contribution in [2.24, 2.45) is 0 Å². The van der Waals surface area contributed by atoms with Crippen LogP contribution in [0.15, 0.2) is 30.3 Å². The molecule has 7 nitrogen and oxygen atoms in total. The highest BCUT2D eigenvalue weighted by molar-refractivity contribution is 6.32. The van der Waals surface area contributed by atoms with Gasteiger partial charge in [-0.2, -0.15) is 0 Å². The van der Waals surface area contributed by atoms with E-state index in [9.17, 15) is 9.59 Å². The minimum Gasteiger partial charge on any atom is -0.493 e. The minimum absolute atomic E-state index is 0. The monoisotopic (exact) mass is 595 g/mol. The summed E-state index contributed by atoms with van der Waals surface area (Å²) in [4.78, 5) is 29.5. The van der Waals surface area contributed by atoms with Crippen molar-refractivity contribution >= 4 is 41.5 Å². The molecule has 0 spiro atoms. The Labute approximate surface area is 247 Å². The summed E-state index contributed by atoms with van der Waals surface area (Å²) < 4.78 is 26.5. The zero-order valence-corrected chi connectivity index (χ0v) is 25.1. The van der Waals surface area contributed by atoms with Gasteiger partial charge in [-0.1, -0.05) is 11.6 Å². The van der Waals surface area contributed by atoms with Gasteiger partial charge in [0.1, 0.15) is 11.6 Å². The fourth-order valence-electron chi connectivity index (χ4n) is 5.49. The van der Waals surface area contributed by atoms with Crippen LogP contribution in [0, 0.1) is 5.82 Å². The lowest BCUT2D eigenvalue weighted by atomic mass is 9.98. The van der Waals surface area contributed by atoms with Gasteiger partial charge < -0.3 is 24.6 Å². The Hall–Kier alpha value is -2.39. The number of anilines is 1. The Kier molecular flexibility index (Phi) is 12.1. The van der Waals surface area contributed by atoms with Crippen LogP contribution >= 0.6 is 24.0 Å². The second-order valence-electron chi connectivity index (χ2n) is 10.5. The van der Waals surface area contributed by atoms with Crippen molar-refractivity contribution < 1.29 is 23.5 Å². The molecule has 2 heterocycles. The van der Waals surface area contributed by atoms with E-state index in [0.717, 1.165) is 32.4 Å². The molecule has 40 heavy (non-hydrogen) atoms. The number of ether oxygens (including phenoxy) is 2. The molecule has 2 aromatic carbocycles. The highest BCUT2D eigenvalue weighted by atomic mass is 35.5. The lowest BCUT2D eigenvalue weighted by molar-refractivity contribution is -0.135. The van der Waals surface area contributed by atoms with Gasteiger partial charge in [0.2, 0.25) is 11.8 Å². The first kappa shape index (κ1) is 32.1. The summed E-state index contributed by atoms with van der Waals surface area (Å²) in [5.74, 6) is 0.0260. The smallest absolute Gasteiger partial charge is 0.227 e. The van der Waals surface area contributed by atoms with E-state index in [2.05, 4.69) is 5.32 Å². The molecule has 0 aliphatic carbocycles. The molecule has 4 rings (SSSR count). The second-order valence-corrected chi connectivity index (χ2v) is 10.9. The van der Waals surface area contributed by atoms with Crippen molar-refractivity contribution in [1.82, 2.24) is 10.2 Å². The van der Waals surface area contributed by atoms with E-state index in [0.29, 0.717) is 65.8 Å². The third-order valence-corrected chi connectivity index (χ3v) is 7.73. The first-order chi connectivity index (χ1) is 18.8. The number of piperidine rings is 1. The van der Waals surface area contributed by atoms with E-state index in [-0.39, 0.29) is 42.7 Å². The molecule has 1 N–H and O–H groups in total. The molecule has 2 saturated heterocycles. The van der Waals surface area contributed by atoms with Gasteiger partial charge in [-0.15, -0.1) is 12.4 Å².